The molecule has 0 aliphatic rings. The number of amides is 1. The Balaban J connectivity index is 1.47. The van der Waals surface area contributed by atoms with Gasteiger partial charge in [0.15, 0.2) is 11.5 Å². The zero-order chi connectivity index (χ0) is 23.4. The molecule has 0 saturated carbocycles. The summed E-state index contributed by atoms with van der Waals surface area (Å²) in [6.07, 6.45) is 1.60. The number of ether oxygens (including phenoxy) is 2. The molecular formula is C24H24N6O3. The first-order chi connectivity index (χ1) is 16.0. The lowest BCUT2D eigenvalue weighted by Crippen LogP contribution is -2.18. The van der Waals surface area contributed by atoms with Crippen LogP contribution in [0, 0.1) is 13.8 Å². The van der Waals surface area contributed by atoms with Crippen molar-refractivity contribution in [3.05, 3.63) is 77.2 Å². The Hall–Kier alpha value is -4.40. The molecule has 2 aromatic carbocycles. The summed E-state index contributed by atoms with van der Waals surface area (Å²) in [5, 5.41) is 15.7. The number of carbonyl (C=O) groups excluding carboxylic acids is 1. The number of nitrogens with zero attached hydrogens (tertiary/aromatic N) is 4. The predicted molar refractivity (Wildman–Crippen MR) is 125 cm³/mol. The summed E-state index contributed by atoms with van der Waals surface area (Å²) >= 11 is 0. The van der Waals surface area contributed by atoms with E-state index in [1.54, 1.807) is 38.6 Å². The molecule has 9 heteroatoms. The van der Waals surface area contributed by atoms with Crippen molar-refractivity contribution >= 4 is 12.1 Å². The van der Waals surface area contributed by atoms with Crippen LogP contribution >= 0.6 is 0 Å². The molecule has 33 heavy (non-hydrogen) atoms. The van der Waals surface area contributed by atoms with Crippen LogP contribution in [0.3, 0.4) is 0 Å². The van der Waals surface area contributed by atoms with Crippen LogP contribution < -0.4 is 14.9 Å². The monoisotopic (exact) mass is 444 g/mol. The summed E-state index contributed by atoms with van der Waals surface area (Å²) in [7, 11) is 3.14. The highest BCUT2D eigenvalue weighted by Crippen LogP contribution is 2.31. The highest BCUT2D eigenvalue weighted by Gasteiger charge is 2.14. The summed E-state index contributed by atoms with van der Waals surface area (Å²) in [4.78, 5) is 12.5. The molecule has 0 aliphatic carbocycles. The number of para-hydroxylation sites is 1. The second-order valence-electron chi connectivity index (χ2n) is 7.27. The smallest absolute Gasteiger partial charge is 0.289 e. The number of nitrogens with one attached hydrogen (secondary N) is 2. The normalized spacial score (nSPS) is 11.0. The standard InChI is InChI=1S/C24H24N6O3/c1-15-19(16(2)30(29-15)18-8-6-5-7-9-18)14-25-28-24(31)21-13-20(26-27-21)17-10-11-22(32-3)23(12-17)33-4/h5-14H,1-4H3,(H,26,27)(H,28,31). The molecule has 4 aromatic rings. The molecule has 1 amide bonds. The Labute approximate surface area is 191 Å². The molecule has 2 aromatic heterocycles. The minimum Gasteiger partial charge on any atom is -0.493 e. The Morgan fingerprint density at radius 2 is 1.82 bits per heavy atom. The number of benzene rings is 2. The fourth-order valence-corrected chi connectivity index (χ4v) is 3.46. The maximum absolute atomic E-state index is 12.5. The van der Waals surface area contributed by atoms with Crippen LogP contribution in [0.15, 0.2) is 59.7 Å². The van der Waals surface area contributed by atoms with Crippen LogP contribution in [-0.2, 0) is 0 Å². The van der Waals surface area contributed by atoms with E-state index in [0.29, 0.717) is 17.2 Å². The van der Waals surface area contributed by atoms with Gasteiger partial charge in [-0.1, -0.05) is 18.2 Å². The minimum absolute atomic E-state index is 0.283. The Bertz CT molecular complexity index is 1310. The molecule has 9 nitrogen and oxygen atoms in total. The molecule has 0 spiro atoms. The molecule has 168 valence electrons. The van der Waals surface area contributed by atoms with Crippen LogP contribution in [0.2, 0.25) is 0 Å². The van der Waals surface area contributed by atoms with E-state index < -0.39 is 5.91 Å². The number of hydrazone groups is 1. The van der Waals surface area contributed by atoms with E-state index in [9.17, 15) is 4.79 Å². The van der Waals surface area contributed by atoms with E-state index in [1.165, 1.54) is 0 Å². The molecule has 0 radical (unpaired) electrons. The molecule has 0 saturated heterocycles. The Morgan fingerprint density at radius 3 is 2.55 bits per heavy atom. The third-order valence-corrected chi connectivity index (χ3v) is 5.21. The number of methoxy groups -OCH3 is 2. The van der Waals surface area contributed by atoms with Crippen LogP contribution in [0.1, 0.15) is 27.4 Å². The van der Waals surface area contributed by atoms with Crippen LogP contribution in [0.25, 0.3) is 16.9 Å². The van der Waals surface area contributed by atoms with Crippen molar-refractivity contribution in [2.24, 2.45) is 5.10 Å². The summed E-state index contributed by atoms with van der Waals surface area (Å²) in [6.45, 7) is 3.86. The zero-order valence-corrected chi connectivity index (χ0v) is 18.8. The van der Waals surface area contributed by atoms with Crippen LogP contribution in [-0.4, -0.2) is 46.3 Å². The minimum atomic E-state index is -0.406. The molecule has 0 atom stereocenters. The fourth-order valence-electron chi connectivity index (χ4n) is 3.46. The van der Waals surface area contributed by atoms with Crippen LogP contribution in [0.5, 0.6) is 11.5 Å². The lowest BCUT2D eigenvalue weighted by molar-refractivity contribution is 0.0950. The van der Waals surface area contributed by atoms with E-state index in [2.05, 4.69) is 25.8 Å². The summed E-state index contributed by atoms with van der Waals surface area (Å²) in [5.74, 6) is 0.789. The summed E-state index contributed by atoms with van der Waals surface area (Å²) in [5.41, 5.74) is 7.74. The van der Waals surface area contributed by atoms with Gasteiger partial charge in [-0.25, -0.2) is 10.1 Å². The largest absolute Gasteiger partial charge is 0.493 e. The van der Waals surface area contributed by atoms with Gasteiger partial charge < -0.3 is 9.47 Å². The van der Waals surface area contributed by atoms with E-state index in [4.69, 9.17) is 9.47 Å². The molecule has 0 fully saturated rings. The van der Waals surface area contributed by atoms with Gasteiger partial charge >= 0.3 is 0 Å². The van der Waals surface area contributed by atoms with Gasteiger partial charge in [0.2, 0.25) is 0 Å². The maximum atomic E-state index is 12.5. The quantitative estimate of drug-likeness (QED) is 0.334. The van der Waals surface area contributed by atoms with Gasteiger partial charge in [-0.3, -0.25) is 9.89 Å². The summed E-state index contributed by atoms with van der Waals surface area (Å²) in [6, 6.07) is 16.9. The SMILES string of the molecule is COc1ccc(-c2cc(C(=O)NN=Cc3c(C)nn(-c4ccccc4)c3C)[nH]n2)cc1OC. The highest BCUT2D eigenvalue weighted by atomic mass is 16.5. The molecule has 0 aliphatic heterocycles. The number of hydrogen-bond donors (Lipinski definition) is 2. The number of rotatable bonds is 7. The van der Waals surface area contributed by atoms with Crippen molar-refractivity contribution in [1.29, 1.82) is 0 Å². The topological polar surface area (TPSA) is 106 Å². The number of carbonyl (C=O) groups is 1. The van der Waals surface area contributed by atoms with Crippen molar-refractivity contribution in [3.8, 4) is 28.4 Å². The van der Waals surface area contributed by atoms with Crippen molar-refractivity contribution in [2.45, 2.75) is 13.8 Å². The van der Waals surface area contributed by atoms with Gasteiger partial charge in [0.25, 0.3) is 5.91 Å². The summed E-state index contributed by atoms with van der Waals surface area (Å²) < 4.78 is 12.4. The lowest BCUT2D eigenvalue weighted by atomic mass is 10.1. The van der Waals surface area contributed by atoms with Gasteiger partial charge in [-0.2, -0.15) is 15.3 Å². The Morgan fingerprint density at radius 1 is 1.06 bits per heavy atom. The van der Waals surface area contributed by atoms with Gasteiger partial charge in [-0.15, -0.1) is 0 Å². The Kier molecular flexibility index (Phi) is 6.21. The van der Waals surface area contributed by atoms with Crippen molar-refractivity contribution in [3.63, 3.8) is 0 Å². The van der Waals surface area contributed by atoms with Crippen molar-refractivity contribution < 1.29 is 14.3 Å². The first-order valence-electron chi connectivity index (χ1n) is 10.2. The number of aromatic nitrogens is 4. The second-order valence-corrected chi connectivity index (χ2v) is 7.27. The van der Waals surface area contributed by atoms with Crippen LogP contribution in [0.4, 0.5) is 0 Å². The molecule has 0 unspecified atom stereocenters. The average molecular weight is 444 g/mol. The number of H-pyrrole nitrogens is 1. The first kappa shape index (κ1) is 21.8. The van der Waals surface area contributed by atoms with Crippen molar-refractivity contribution in [1.82, 2.24) is 25.4 Å². The van der Waals surface area contributed by atoms with E-state index in [1.807, 2.05) is 54.9 Å². The van der Waals surface area contributed by atoms with E-state index in [0.717, 1.165) is 28.2 Å². The second kappa shape index (κ2) is 9.39. The average Bonchev–Trinajstić information content (AvgIpc) is 3.45. The third kappa shape index (κ3) is 4.47. The molecule has 4 rings (SSSR count). The first-order valence-corrected chi connectivity index (χ1v) is 10.2. The molecule has 2 heterocycles. The van der Waals surface area contributed by atoms with Gasteiger partial charge in [0.05, 0.1) is 43.2 Å². The fraction of sp³-hybridized carbons (Fsp3) is 0.167. The van der Waals surface area contributed by atoms with E-state index >= 15 is 0 Å². The lowest BCUT2D eigenvalue weighted by Gasteiger charge is -2.08. The van der Waals surface area contributed by atoms with Gasteiger partial charge in [0.1, 0.15) is 5.69 Å². The maximum Gasteiger partial charge on any atom is 0.289 e. The van der Waals surface area contributed by atoms with Gasteiger partial charge in [-0.05, 0) is 50.2 Å². The number of aryl methyl sites for hydroxylation is 1. The van der Waals surface area contributed by atoms with Crippen molar-refractivity contribution in [2.75, 3.05) is 14.2 Å². The number of hydrogen-bond acceptors (Lipinski definition) is 6. The highest BCUT2D eigenvalue weighted by molar-refractivity contribution is 5.94. The molecule has 2 N–H and O–H groups in total. The van der Waals surface area contributed by atoms with Gasteiger partial charge in [0, 0.05) is 11.1 Å². The zero-order valence-electron chi connectivity index (χ0n) is 18.8. The predicted octanol–water partition coefficient (Wildman–Crippen LogP) is 3.66. The third-order valence-electron chi connectivity index (χ3n) is 5.21. The molecule has 0 bridgehead atoms. The number of aromatic amines is 1. The van der Waals surface area contributed by atoms with E-state index in [-0.39, 0.29) is 5.69 Å². The molecular weight excluding hydrogens is 420 g/mol.